The number of amides is 1. The topological polar surface area (TPSA) is 54.0 Å². The average Bonchev–Trinajstić information content (AvgIpc) is 3.03. The second-order valence-corrected chi connectivity index (χ2v) is 5.72. The number of nitrogens with zero attached hydrogens (tertiary/aromatic N) is 1. The van der Waals surface area contributed by atoms with Crippen LogP contribution in [0.2, 0.25) is 0 Å². The Labute approximate surface area is 131 Å². The normalized spacial score (nSPS) is 20.7. The van der Waals surface area contributed by atoms with Gasteiger partial charge >= 0.3 is 0 Å². The van der Waals surface area contributed by atoms with Gasteiger partial charge in [0, 0.05) is 24.1 Å². The van der Waals surface area contributed by atoms with Crippen LogP contribution < -0.4 is 10.6 Å². The van der Waals surface area contributed by atoms with E-state index in [0.717, 1.165) is 12.1 Å². The maximum atomic E-state index is 12.0. The summed E-state index contributed by atoms with van der Waals surface area (Å²) in [5.74, 6) is 0.500. The maximum Gasteiger partial charge on any atom is 0.238 e. The fourth-order valence-corrected chi connectivity index (χ4v) is 3.17. The maximum absolute atomic E-state index is 12.0. The van der Waals surface area contributed by atoms with Crippen LogP contribution in [0.15, 0.2) is 54.9 Å². The van der Waals surface area contributed by atoms with E-state index < -0.39 is 0 Å². The highest BCUT2D eigenvalue weighted by Crippen LogP contribution is 2.34. The van der Waals surface area contributed by atoms with E-state index in [9.17, 15) is 4.79 Å². The summed E-state index contributed by atoms with van der Waals surface area (Å²) >= 11 is 0. The van der Waals surface area contributed by atoms with Gasteiger partial charge in [0.2, 0.25) is 5.91 Å². The summed E-state index contributed by atoms with van der Waals surface area (Å²) in [7, 11) is 0. The number of hydrogen-bond acceptors (Lipinski definition) is 3. The lowest BCUT2D eigenvalue weighted by molar-refractivity contribution is -0.115. The minimum atomic E-state index is -0.00934. The zero-order valence-corrected chi connectivity index (χ0v) is 12.5. The van der Waals surface area contributed by atoms with Gasteiger partial charge in [-0.15, -0.1) is 0 Å². The summed E-state index contributed by atoms with van der Waals surface area (Å²) in [6.07, 6.45) is 6.87. The summed E-state index contributed by atoms with van der Waals surface area (Å²) in [5, 5.41) is 6.30. The lowest BCUT2D eigenvalue weighted by Gasteiger charge is -2.21. The zero-order chi connectivity index (χ0) is 15.2. The van der Waals surface area contributed by atoms with Crippen LogP contribution in [0.1, 0.15) is 30.7 Å². The van der Waals surface area contributed by atoms with Crippen molar-refractivity contribution in [2.75, 3.05) is 11.9 Å². The number of pyridine rings is 1. The molecular weight excluding hydrogens is 274 g/mol. The van der Waals surface area contributed by atoms with Gasteiger partial charge in [-0.3, -0.25) is 9.78 Å². The van der Waals surface area contributed by atoms with E-state index >= 15 is 0 Å². The number of rotatable bonds is 5. The van der Waals surface area contributed by atoms with Crippen molar-refractivity contribution >= 4 is 11.6 Å². The Morgan fingerprint density at radius 1 is 1.09 bits per heavy atom. The summed E-state index contributed by atoms with van der Waals surface area (Å²) in [5.41, 5.74) is 2.15. The molecule has 1 fully saturated rings. The van der Waals surface area contributed by atoms with Crippen molar-refractivity contribution in [2.45, 2.75) is 31.2 Å². The first-order valence-electron chi connectivity index (χ1n) is 7.81. The molecule has 0 radical (unpaired) electrons. The number of hydrogen-bond donors (Lipinski definition) is 2. The van der Waals surface area contributed by atoms with Crippen molar-refractivity contribution in [3.8, 4) is 0 Å². The lowest BCUT2D eigenvalue weighted by atomic mass is 9.94. The summed E-state index contributed by atoms with van der Waals surface area (Å²) < 4.78 is 0. The third-order valence-corrected chi connectivity index (χ3v) is 4.23. The van der Waals surface area contributed by atoms with Gasteiger partial charge in [0.25, 0.3) is 0 Å². The molecule has 2 atom stereocenters. The number of nitrogens with one attached hydrogen (secondary N) is 2. The first kappa shape index (κ1) is 14.7. The SMILES string of the molecule is O=C(CNC1CCCC1c1ccccc1)Nc1ccncc1. The van der Waals surface area contributed by atoms with Crippen LogP contribution in [0, 0.1) is 0 Å². The van der Waals surface area contributed by atoms with Crippen LogP contribution in [0.3, 0.4) is 0 Å². The lowest BCUT2D eigenvalue weighted by Crippen LogP contribution is -2.37. The predicted octanol–water partition coefficient (Wildman–Crippen LogP) is 2.95. The Balaban J connectivity index is 1.53. The first-order valence-corrected chi connectivity index (χ1v) is 7.81. The molecule has 2 N–H and O–H groups in total. The van der Waals surface area contributed by atoms with Crippen LogP contribution in [0.5, 0.6) is 0 Å². The van der Waals surface area contributed by atoms with Crippen molar-refractivity contribution in [1.29, 1.82) is 0 Å². The van der Waals surface area contributed by atoms with Gasteiger partial charge in [0.1, 0.15) is 0 Å². The number of anilines is 1. The van der Waals surface area contributed by atoms with Crippen molar-refractivity contribution in [3.05, 3.63) is 60.4 Å². The van der Waals surface area contributed by atoms with Gasteiger partial charge in [0.15, 0.2) is 0 Å². The molecule has 114 valence electrons. The molecule has 1 aliphatic rings. The van der Waals surface area contributed by atoms with Gasteiger partial charge < -0.3 is 10.6 Å². The molecule has 0 spiro atoms. The molecule has 0 bridgehead atoms. The standard InChI is InChI=1S/C18H21N3O/c22-18(21-15-9-11-19-12-10-15)13-20-17-8-4-7-16(17)14-5-2-1-3-6-14/h1-3,5-6,9-12,16-17,20H,4,7-8,13H2,(H,19,21,22). The average molecular weight is 295 g/mol. The van der Waals surface area contributed by atoms with E-state index in [0.29, 0.717) is 18.5 Å². The fourth-order valence-electron chi connectivity index (χ4n) is 3.17. The zero-order valence-electron chi connectivity index (χ0n) is 12.5. The molecule has 22 heavy (non-hydrogen) atoms. The largest absolute Gasteiger partial charge is 0.325 e. The molecule has 2 aromatic rings. The molecular formula is C18H21N3O. The summed E-state index contributed by atoms with van der Waals surface area (Å²) in [6, 6.07) is 14.5. The number of carbonyl (C=O) groups excluding carboxylic acids is 1. The molecule has 3 rings (SSSR count). The highest BCUT2D eigenvalue weighted by Gasteiger charge is 2.28. The van der Waals surface area contributed by atoms with E-state index in [2.05, 4.69) is 39.9 Å². The van der Waals surface area contributed by atoms with Gasteiger partial charge in [-0.05, 0) is 36.5 Å². The fraction of sp³-hybridized carbons (Fsp3) is 0.333. The molecule has 0 aliphatic heterocycles. The Morgan fingerprint density at radius 3 is 2.64 bits per heavy atom. The monoisotopic (exact) mass is 295 g/mol. The molecule has 1 heterocycles. The Bertz CT molecular complexity index is 600. The Hall–Kier alpha value is -2.20. The molecule has 1 saturated carbocycles. The first-order chi connectivity index (χ1) is 10.8. The smallest absolute Gasteiger partial charge is 0.238 e. The van der Waals surface area contributed by atoms with Crippen molar-refractivity contribution in [2.24, 2.45) is 0 Å². The minimum absolute atomic E-state index is 0.00934. The molecule has 0 saturated heterocycles. The third-order valence-electron chi connectivity index (χ3n) is 4.23. The highest BCUT2D eigenvalue weighted by atomic mass is 16.1. The van der Waals surface area contributed by atoms with Gasteiger partial charge in [-0.2, -0.15) is 0 Å². The van der Waals surface area contributed by atoms with E-state index in [1.807, 2.05) is 6.07 Å². The summed E-state index contributed by atoms with van der Waals surface area (Å²) in [6.45, 7) is 0.344. The Kier molecular flexibility index (Phi) is 4.81. The molecule has 2 unspecified atom stereocenters. The summed E-state index contributed by atoms with van der Waals surface area (Å²) in [4.78, 5) is 16.0. The van der Waals surface area contributed by atoms with E-state index in [4.69, 9.17) is 0 Å². The molecule has 1 amide bonds. The second-order valence-electron chi connectivity index (χ2n) is 5.72. The van der Waals surface area contributed by atoms with Crippen LogP contribution in [0.4, 0.5) is 5.69 Å². The van der Waals surface area contributed by atoms with Crippen molar-refractivity contribution in [3.63, 3.8) is 0 Å². The number of aromatic nitrogens is 1. The van der Waals surface area contributed by atoms with Crippen molar-refractivity contribution in [1.82, 2.24) is 10.3 Å². The van der Waals surface area contributed by atoms with Crippen LogP contribution in [-0.4, -0.2) is 23.5 Å². The highest BCUT2D eigenvalue weighted by molar-refractivity contribution is 5.92. The predicted molar refractivity (Wildman–Crippen MR) is 87.7 cm³/mol. The van der Waals surface area contributed by atoms with E-state index in [-0.39, 0.29) is 5.91 Å². The van der Waals surface area contributed by atoms with Crippen LogP contribution in [-0.2, 0) is 4.79 Å². The molecule has 1 aliphatic carbocycles. The van der Waals surface area contributed by atoms with E-state index in [1.54, 1.807) is 24.5 Å². The molecule has 1 aromatic heterocycles. The Morgan fingerprint density at radius 2 is 1.86 bits per heavy atom. The second kappa shape index (κ2) is 7.18. The quantitative estimate of drug-likeness (QED) is 0.891. The van der Waals surface area contributed by atoms with Gasteiger partial charge in [-0.1, -0.05) is 36.8 Å². The third kappa shape index (κ3) is 3.71. The van der Waals surface area contributed by atoms with Gasteiger partial charge in [-0.25, -0.2) is 0 Å². The van der Waals surface area contributed by atoms with Crippen molar-refractivity contribution < 1.29 is 4.79 Å². The minimum Gasteiger partial charge on any atom is -0.325 e. The molecule has 1 aromatic carbocycles. The molecule has 4 heteroatoms. The molecule has 4 nitrogen and oxygen atoms in total. The number of carbonyl (C=O) groups is 1. The van der Waals surface area contributed by atoms with Crippen LogP contribution in [0.25, 0.3) is 0 Å². The van der Waals surface area contributed by atoms with E-state index in [1.165, 1.54) is 18.4 Å². The van der Waals surface area contributed by atoms with Gasteiger partial charge in [0.05, 0.1) is 6.54 Å². The number of benzene rings is 1. The van der Waals surface area contributed by atoms with Crippen LogP contribution >= 0.6 is 0 Å².